The normalized spacial score (nSPS) is 21.9. The van der Waals surface area contributed by atoms with E-state index in [1.807, 2.05) is 54.6 Å². The SMILES string of the molecule is CN1CCN(CC(=O)N2CCCCOc3cccc(c3)[C@H]3CN(C(=O)/C=C/c4ccccc4)C[C@@H]3NC(=O)C2)C1=O. The number of nitrogens with one attached hydrogen (secondary N) is 1. The molecular formula is C31H37N5O5. The van der Waals surface area contributed by atoms with Crippen molar-refractivity contribution in [1.29, 1.82) is 0 Å². The van der Waals surface area contributed by atoms with Crippen molar-refractivity contribution in [2.45, 2.75) is 24.8 Å². The molecule has 41 heavy (non-hydrogen) atoms. The predicted octanol–water partition coefficient (Wildman–Crippen LogP) is 2.18. The quantitative estimate of drug-likeness (QED) is 0.579. The van der Waals surface area contributed by atoms with Crippen LogP contribution in [0.25, 0.3) is 6.08 Å². The average molecular weight is 560 g/mol. The Hall–Kier alpha value is -4.34. The predicted molar refractivity (Wildman–Crippen MR) is 154 cm³/mol. The zero-order valence-electron chi connectivity index (χ0n) is 23.4. The van der Waals surface area contributed by atoms with E-state index in [2.05, 4.69) is 5.32 Å². The van der Waals surface area contributed by atoms with Gasteiger partial charge in [-0.05, 0) is 42.2 Å². The van der Waals surface area contributed by atoms with E-state index in [0.717, 1.165) is 16.9 Å². The number of urea groups is 1. The molecule has 5 amide bonds. The third-order valence-corrected chi connectivity index (χ3v) is 7.89. The monoisotopic (exact) mass is 559 g/mol. The lowest BCUT2D eigenvalue weighted by Gasteiger charge is -2.27. The van der Waals surface area contributed by atoms with Crippen molar-refractivity contribution >= 4 is 29.8 Å². The molecule has 5 rings (SSSR count). The Morgan fingerprint density at radius 3 is 2.59 bits per heavy atom. The van der Waals surface area contributed by atoms with E-state index in [9.17, 15) is 19.2 Å². The first-order chi connectivity index (χ1) is 19.9. The maximum atomic E-state index is 13.3. The van der Waals surface area contributed by atoms with Crippen LogP contribution < -0.4 is 10.1 Å². The molecule has 0 unspecified atom stereocenters. The Bertz CT molecular complexity index is 1300. The molecule has 2 atom stereocenters. The van der Waals surface area contributed by atoms with Crippen molar-refractivity contribution in [2.24, 2.45) is 0 Å². The van der Waals surface area contributed by atoms with E-state index < -0.39 is 0 Å². The van der Waals surface area contributed by atoms with Gasteiger partial charge >= 0.3 is 6.03 Å². The first kappa shape index (κ1) is 28.2. The summed E-state index contributed by atoms with van der Waals surface area (Å²) in [6.45, 7) is 2.55. The second-order valence-corrected chi connectivity index (χ2v) is 10.8. The fraction of sp³-hybridized carbons (Fsp3) is 0.419. The minimum atomic E-state index is -0.333. The molecule has 0 spiro atoms. The smallest absolute Gasteiger partial charge is 0.320 e. The highest BCUT2D eigenvalue weighted by molar-refractivity contribution is 5.92. The standard InChI is InChI=1S/C31H37N5O5/c1-33-15-16-35(31(33)40)22-30(39)34-14-5-6-17-41-25-11-7-10-24(18-25)26-19-36(20-27(26)32-28(37)21-34)29(38)13-12-23-8-3-2-4-9-23/h2-4,7-13,18,26-27H,5-6,14-17,19-22H2,1H3,(H,32,37)/b13-12+/t26-,27+/m1/s1. The van der Waals surface area contributed by atoms with Gasteiger partial charge in [-0.3, -0.25) is 14.4 Å². The van der Waals surface area contributed by atoms with Crippen molar-refractivity contribution in [3.05, 3.63) is 71.8 Å². The van der Waals surface area contributed by atoms with E-state index >= 15 is 0 Å². The van der Waals surface area contributed by atoms with Gasteiger partial charge in [-0.25, -0.2) is 4.79 Å². The third kappa shape index (κ3) is 7.06. The number of likely N-dealkylation sites (N-methyl/N-ethyl adjacent to an activating group) is 1. The highest BCUT2D eigenvalue weighted by Gasteiger charge is 2.37. The molecule has 0 radical (unpaired) electrons. The highest BCUT2D eigenvalue weighted by atomic mass is 16.5. The molecule has 2 fully saturated rings. The Labute approximate surface area is 240 Å². The molecule has 0 aliphatic carbocycles. The van der Waals surface area contributed by atoms with Crippen LogP contribution in [0.15, 0.2) is 60.7 Å². The van der Waals surface area contributed by atoms with Gasteiger partial charge in [-0.1, -0.05) is 42.5 Å². The minimum absolute atomic E-state index is 0.0560. The van der Waals surface area contributed by atoms with Gasteiger partial charge in [0.1, 0.15) is 12.3 Å². The van der Waals surface area contributed by atoms with Crippen LogP contribution in [-0.2, 0) is 14.4 Å². The number of carbonyl (C=O) groups excluding carboxylic acids is 4. The number of hydrogen-bond acceptors (Lipinski definition) is 5. The summed E-state index contributed by atoms with van der Waals surface area (Å²) in [5.41, 5.74) is 1.92. The van der Waals surface area contributed by atoms with Crippen molar-refractivity contribution in [2.75, 3.05) is 59.5 Å². The van der Waals surface area contributed by atoms with Crippen molar-refractivity contribution in [1.82, 2.24) is 24.9 Å². The Kier molecular flexibility index (Phi) is 8.86. The molecule has 2 aromatic carbocycles. The van der Waals surface area contributed by atoms with Crippen LogP contribution in [0.3, 0.4) is 0 Å². The zero-order valence-corrected chi connectivity index (χ0v) is 23.4. The summed E-state index contributed by atoms with van der Waals surface area (Å²) >= 11 is 0. The number of rotatable bonds is 4. The lowest BCUT2D eigenvalue weighted by molar-refractivity contribution is -0.136. The molecule has 1 N–H and O–H groups in total. The Morgan fingerprint density at radius 1 is 0.976 bits per heavy atom. The van der Waals surface area contributed by atoms with E-state index in [4.69, 9.17) is 4.74 Å². The molecule has 216 valence electrons. The summed E-state index contributed by atoms with van der Waals surface area (Å²) in [5, 5.41) is 3.11. The van der Waals surface area contributed by atoms with Crippen LogP contribution >= 0.6 is 0 Å². The number of fused-ring (bicyclic) bond motifs is 4. The summed E-state index contributed by atoms with van der Waals surface area (Å²) in [5.74, 6) is -0.0629. The fourth-order valence-electron chi connectivity index (χ4n) is 5.57. The number of likely N-dealkylation sites (tertiary alicyclic amines) is 1. The lowest BCUT2D eigenvalue weighted by Crippen LogP contribution is -2.49. The molecule has 3 aliphatic heterocycles. The van der Waals surface area contributed by atoms with Gasteiger partial charge in [-0.15, -0.1) is 0 Å². The van der Waals surface area contributed by atoms with Crippen LogP contribution in [0.4, 0.5) is 4.79 Å². The molecule has 3 heterocycles. The van der Waals surface area contributed by atoms with Gasteiger partial charge in [0.25, 0.3) is 0 Å². The van der Waals surface area contributed by atoms with Crippen molar-refractivity contribution < 1.29 is 23.9 Å². The molecule has 2 bridgehead atoms. The number of amides is 5. The molecule has 2 aromatic rings. The topological polar surface area (TPSA) is 102 Å². The molecule has 3 aliphatic rings. The Balaban J connectivity index is 1.32. The van der Waals surface area contributed by atoms with Crippen LogP contribution in [0.1, 0.15) is 29.9 Å². The number of nitrogens with zero attached hydrogens (tertiary/aromatic N) is 4. The van der Waals surface area contributed by atoms with Crippen LogP contribution in [-0.4, -0.2) is 109 Å². The van der Waals surface area contributed by atoms with Gasteiger partial charge in [0.2, 0.25) is 17.7 Å². The van der Waals surface area contributed by atoms with Crippen LogP contribution in [0, 0.1) is 0 Å². The van der Waals surface area contributed by atoms with Crippen LogP contribution in [0.5, 0.6) is 5.75 Å². The van der Waals surface area contributed by atoms with Gasteiger partial charge in [0, 0.05) is 51.8 Å². The molecular weight excluding hydrogens is 522 g/mol. The number of benzene rings is 2. The highest BCUT2D eigenvalue weighted by Crippen LogP contribution is 2.30. The average Bonchev–Trinajstić information content (AvgIpc) is 3.54. The first-order valence-electron chi connectivity index (χ1n) is 14.2. The number of hydrogen-bond donors (Lipinski definition) is 1. The molecule has 0 aromatic heterocycles. The van der Waals surface area contributed by atoms with E-state index in [-0.39, 0.29) is 48.8 Å². The van der Waals surface area contributed by atoms with Crippen molar-refractivity contribution in [3.8, 4) is 5.75 Å². The maximum absolute atomic E-state index is 13.3. The molecule has 0 saturated carbocycles. The summed E-state index contributed by atoms with van der Waals surface area (Å²) in [6, 6.07) is 16.9. The second-order valence-electron chi connectivity index (χ2n) is 10.8. The number of ether oxygens (including phenoxy) is 1. The first-order valence-corrected chi connectivity index (χ1v) is 14.2. The van der Waals surface area contributed by atoms with Gasteiger partial charge < -0.3 is 29.7 Å². The van der Waals surface area contributed by atoms with Crippen molar-refractivity contribution in [3.63, 3.8) is 0 Å². The van der Waals surface area contributed by atoms with E-state index in [1.54, 1.807) is 29.0 Å². The minimum Gasteiger partial charge on any atom is -0.494 e. The zero-order chi connectivity index (χ0) is 28.8. The summed E-state index contributed by atoms with van der Waals surface area (Å²) in [6.07, 6.45) is 4.73. The van der Waals surface area contributed by atoms with Crippen LogP contribution in [0.2, 0.25) is 0 Å². The van der Waals surface area contributed by atoms with Gasteiger partial charge in [0.15, 0.2) is 0 Å². The largest absolute Gasteiger partial charge is 0.494 e. The second kappa shape index (κ2) is 12.9. The maximum Gasteiger partial charge on any atom is 0.320 e. The molecule has 10 heteroatoms. The third-order valence-electron chi connectivity index (χ3n) is 7.89. The van der Waals surface area contributed by atoms with E-state index in [1.165, 1.54) is 9.80 Å². The molecule has 10 nitrogen and oxygen atoms in total. The van der Waals surface area contributed by atoms with Gasteiger partial charge in [0.05, 0.1) is 19.2 Å². The van der Waals surface area contributed by atoms with Gasteiger partial charge in [-0.2, -0.15) is 0 Å². The summed E-state index contributed by atoms with van der Waals surface area (Å²) in [4.78, 5) is 58.4. The number of carbonyl (C=O) groups is 4. The Morgan fingerprint density at radius 2 is 1.80 bits per heavy atom. The van der Waals surface area contributed by atoms with E-state index in [0.29, 0.717) is 52.2 Å². The molecule has 2 saturated heterocycles. The fourth-order valence-corrected chi connectivity index (χ4v) is 5.57. The lowest BCUT2D eigenvalue weighted by atomic mass is 9.94. The summed E-state index contributed by atoms with van der Waals surface area (Å²) in [7, 11) is 1.71. The summed E-state index contributed by atoms with van der Waals surface area (Å²) < 4.78 is 6.01.